The minimum Gasteiger partial charge on any atom is -0.472 e. The van der Waals surface area contributed by atoms with Gasteiger partial charge in [0.25, 0.3) is 7.50 Å². The summed E-state index contributed by atoms with van der Waals surface area (Å²) in [5.74, 6) is 2.65. The molecule has 27 heteroatoms. The highest BCUT2D eigenvalue weighted by molar-refractivity contribution is 8.46. The third kappa shape index (κ3) is 19.1. The number of thiol groups is 1. The lowest BCUT2D eigenvalue weighted by molar-refractivity contribution is 0.158. The van der Waals surface area contributed by atoms with Crippen LogP contribution in [0.15, 0.2) is 178 Å². The lowest BCUT2D eigenvalue weighted by atomic mass is 10.1. The molecule has 0 aliphatic carbocycles. The third-order valence-corrected chi connectivity index (χ3v) is 23.9. The first-order valence-electron chi connectivity index (χ1n) is 23.4. The number of benzene rings is 6. The van der Waals surface area contributed by atoms with Crippen LogP contribution in [0.5, 0.6) is 23.0 Å². The number of azide groups is 1. The van der Waals surface area contributed by atoms with Gasteiger partial charge in [-0.2, -0.15) is 24.1 Å². The molecule has 4 unspecified atom stereocenters. The Morgan fingerprint density at radius 2 is 1.25 bits per heavy atom. The molecule has 0 fully saturated rings. The lowest BCUT2D eigenvalue weighted by Crippen LogP contribution is -2.31. The second kappa shape index (κ2) is 31.3. The summed E-state index contributed by atoms with van der Waals surface area (Å²) in [5, 5.41) is 14.0. The second-order valence-electron chi connectivity index (χ2n) is 16.4. The van der Waals surface area contributed by atoms with E-state index in [-0.39, 0.29) is 34.5 Å². The molecule has 0 saturated carbocycles. The van der Waals surface area contributed by atoms with Crippen LogP contribution < -0.4 is 34.4 Å². The average molecular weight is 1200 g/mol. The molecule has 0 heterocycles. The van der Waals surface area contributed by atoms with E-state index in [9.17, 15) is 9.46 Å². The number of ether oxygens (including phenoxy) is 2. The number of nitrogens with zero attached hydrogens (tertiary/aromatic N) is 9. The summed E-state index contributed by atoms with van der Waals surface area (Å²) in [4.78, 5) is 19.0. The zero-order chi connectivity index (χ0) is 55.1. The van der Waals surface area contributed by atoms with Crippen LogP contribution in [0.4, 0.5) is 0 Å². The molecule has 4 atom stereocenters. The molecule has 77 heavy (non-hydrogen) atoms. The molecule has 0 saturated heterocycles. The van der Waals surface area contributed by atoms with Crippen LogP contribution in [-0.4, -0.2) is 107 Å². The monoisotopic (exact) mass is 1200 g/mol. The molecule has 19 nitrogen and oxygen atoms in total. The molecule has 1 N–H and O–H groups in total. The molecule has 0 bridgehead atoms. The van der Waals surface area contributed by atoms with Gasteiger partial charge in [0.2, 0.25) is 0 Å². The average Bonchev–Trinajstić information content (AvgIpc) is 3.48. The normalized spacial score (nSPS) is 12.9. The number of hydrogen-bond acceptors (Lipinski definition) is 18. The van der Waals surface area contributed by atoms with Gasteiger partial charge in [0.05, 0.1) is 41.2 Å². The molecular weight excluding hydrogens is 1140 g/mol. The smallest absolute Gasteiger partial charge is 0.423 e. The summed E-state index contributed by atoms with van der Waals surface area (Å²) in [7, 11) is 0.0101. The Morgan fingerprint density at radius 1 is 0.727 bits per heavy atom. The Morgan fingerprint density at radius 3 is 1.81 bits per heavy atom. The van der Waals surface area contributed by atoms with Crippen molar-refractivity contribution >= 4 is 95.6 Å². The van der Waals surface area contributed by atoms with E-state index in [1.54, 1.807) is 34.2 Å². The highest BCUT2D eigenvalue weighted by atomic mass is 32.7. The van der Waals surface area contributed by atoms with Gasteiger partial charge in [-0.05, 0) is 114 Å². The van der Waals surface area contributed by atoms with E-state index in [2.05, 4.69) is 65.3 Å². The van der Waals surface area contributed by atoms with E-state index in [1.165, 1.54) is 28.4 Å². The first kappa shape index (κ1) is 61.7. The maximum absolute atomic E-state index is 13.0. The highest BCUT2D eigenvalue weighted by Gasteiger charge is 2.42. The minimum absolute atomic E-state index is 0.0169. The van der Waals surface area contributed by atoms with Crippen molar-refractivity contribution in [1.29, 1.82) is 0 Å². The van der Waals surface area contributed by atoms with Crippen molar-refractivity contribution in [3.63, 3.8) is 0 Å². The lowest BCUT2D eigenvalue weighted by Gasteiger charge is -2.27. The standard InChI is InChI=1S/C50H63N9O10P7S/c1-57(52-35-42-21-25-46(26-22-42)68-71-72(70)56-55-51)38-67-45-29-31-50(32-30-45)76(48-13-9-7-10-14-48,49-15-11-8-12-16-49)54-37-66-44-23-19-43(20-24-44)36-53-58(2)73(77)69-47-27-17-41(18-28-47)33-34-59(39-74(60,62-3)63-4)40-75(61,64-5)65-6/h7-32,35-36,60,71,77H,33-34,37-40,70H2,1-6H3/q+1. The van der Waals surface area contributed by atoms with E-state index < -0.39 is 37.5 Å². The van der Waals surface area contributed by atoms with Gasteiger partial charge in [0.15, 0.2) is 19.7 Å². The van der Waals surface area contributed by atoms with Gasteiger partial charge in [-0.3, -0.25) is 19.2 Å². The van der Waals surface area contributed by atoms with Gasteiger partial charge in [-0.25, -0.2) is 4.78 Å². The van der Waals surface area contributed by atoms with Gasteiger partial charge in [0, 0.05) is 55.7 Å². The SMILES string of the molecule is COP(=O)(CN(CCc1ccc(OP(S)N(C)N=Cc2ccc(OCN=P(c3ccccc3)(c3ccccc3)c3ccc(OCN(C)N=Cc4ccc(OPP(P)N=[N+]=[N-])cc4)cc3)cc2)cc1)C[P+](O)(OC)OC)OC. The van der Waals surface area contributed by atoms with E-state index in [0.29, 0.717) is 36.0 Å². The van der Waals surface area contributed by atoms with Crippen molar-refractivity contribution in [3.8, 4) is 23.0 Å². The summed E-state index contributed by atoms with van der Waals surface area (Å²) >= 11 is 4.71. The maximum Gasteiger partial charge on any atom is 0.423 e. The van der Waals surface area contributed by atoms with Gasteiger partial charge in [-0.1, -0.05) is 98.9 Å². The van der Waals surface area contributed by atoms with Gasteiger partial charge >= 0.3 is 15.5 Å². The fourth-order valence-electron chi connectivity index (χ4n) is 7.14. The van der Waals surface area contributed by atoms with Crippen molar-refractivity contribution in [2.75, 3.05) is 75.1 Å². The predicted molar refractivity (Wildman–Crippen MR) is 325 cm³/mol. The van der Waals surface area contributed by atoms with Crippen LogP contribution in [0, 0.1) is 0 Å². The first-order valence-corrected chi connectivity index (χ1v) is 35.7. The molecule has 0 aliphatic rings. The van der Waals surface area contributed by atoms with Crippen LogP contribution in [0.3, 0.4) is 0 Å². The van der Waals surface area contributed by atoms with E-state index >= 15 is 0 Å². The summed E-state index contributed by atoms with van der Waals surface area (Å²) in [6.45, 7) is 0.737. The molecule has 408 valence electrons. The number of hydrazone groups is 2. The van der Waals surface area contributed by atoms with Crippen molar-refractivity contribution in [3.05, 3.63) is 185 Å². The summed E-state index contributed by atoms with van der Waals surface area (Å²) in [6, 6.07) is 51.5. The van der Waals surface area contributed by atoms with Crippen LogP contribution in [0.2, 0.25) is 0 Å². The molecular formula is C50H63N9O10P7S+. The van der Waals surface area contributed by atoms with Crippen LogP contribution in [0.25, 0.3) is 10.4 Å². The number of rotatable bonds is 31. The van der Waals surface area contributed by atoms with Crippen molar-refractivity contribution in [1.82, 2.24) is 14.7 Å². The van der Waals surface area contributed by atoms with E-state index in [4.69, 9.17) is 59.1 Å². The highest BCUT2D eigenvalue weighted by Crippen LogP contribution is 2.63. The Bertz CT molecular complexity index is 2910. The fraction of sp³-hybridized carbons (Fsp3) is 0.240. The van der Waals surface area contributed by atoms with Crippen LogP contribution in [-0.2, 0) is 29.1 Å². The summed E-state index contributed by atoms with van der Waals surface area (Å²) < 4.78 is 65.2. The molecule has 0 aromatic heterocycles. The topological polar surface area (TPSA) is 207 Å². The van der Waals surface area contributed by atoms with Crippen molar-refractivity contribution in [2.24, 2.45) is 19.8 Å². The van der Waals surface area contributed by atoms with Crippen molar-refractivity contribution < 1.29 is 46.1 Å². The summed E-state index contributed by atoms with van der Waals surface area (Å²) in [6.07, 6.45) is 4.01. The van der Waals surface area contributed by atoms with Gasteiger partial charge < -0.3 is 27.6 Å². The predicted octanol–water partition coefficient (Wildman–Crippen LogP) is 12.7. The zero-order valence-corrected chi connectivity index (χ0v) is 50.8. The fourth-order valence-corrected chi connectivity index (χ4v) is 15.8. The van der Waals surface area contributed by atoms with E-state index in [0.717, 1.165) is 32.6 Å². The Hall–Kier alpha value is -4.51. The molecule has 6 aromatic carbocycles. The Balaban J connectivity index is 1.06. The van der Waals surface area contributed by atoms with Crippen molar-refractivity contribution in [2.45, 2.75) is 6.42 Å². The molecule has 0 amide bonds. The maximum atomic E-state index is 13.0. The number of hydrogen-bond donors (Lipinski definition) is 2. The Kier molecular flexibility index (Phi) is 25.1. The zero-order valence-electron chi connectivity index (χ0n) is 43.3. The third-order valence-electron chi connectivity index (χ3n) is 11.3. The Labute approximate surface area is 463 Å². The first-order chi connectivity index (χ1) is 37.2. The molecule has 6 rings (SSSR count). The summed E-state index contributed by atoms with van der Waals surface area (Å²) in [5.41, 5.74) is 11.3. The molecule has 0 aliphatic heterocycles. The van der Waals surface area contributed by atoms with Gasteiger partial charge in [-0.15, -0.1) is 0 Å². The van der Waals surface area contributed by atoms with E-state index in [1.807, 2.05) is 128 Å². The second-order valence-corrected chi connectivity index (χ2v) is 32.5. The van der Waals surface area contributed by atoms with Crippen LogP contribution >= 0.6 is 67.2 Å². The molecule has 6 aromatic rings. The molecule has 0 spiro atoms. The molecule has 0 radical (unpaired) electrons. The quantitative estimate of drug-likeness (QED) is 0.00608. The minimum atomic E-state index is -3.42. The van der Waals surface area contributed by atoms with Gasteiger partial charge in [0.1, 0.15) is 37.8 Å². The largest absolute Gasteiger partial charge is 0.472 e. The van der Waals surface area contributed by atoms with Crippen LogP contribution in [0.1, 0.15) is 16.7 Å².